The molecule has 0 bridgehead atoms. The molecule has 1 aliphatic rings. The summed E-state index contributed by atoms with van der Waals surface area (Å²) in [5.74, 6) is 0. The Morgan fingerprint density at radius 1 is 1.47 bits per heavy atom. The van der Waals surface area contributed by atoms with Crippen LogP contribution in [0, 0.1) is 0 Å². The van der Waals surface area contributed by atoms with Crippen LogP contribution in [0.5, 0.6) is 0 Å². The van der Waals surface area contributed by atoms with Gasteiger partial charge in [-0.3, -0.25) is 9.58 Å². The fourth-order valence-corrected chi connectivity index (χ4v) is 2.38. The lowest BCUT2D eigenvalue weighted by atomic mass is 10.0. The van der Waals surface area contributed by atoms with Crippen LogP contribution in [0.3, 0.4) is 0 Å². The molecule has 0 aliphatic carbocycles. The predicted molar refractivity (Wildman–Crippen MR) is 67.7 cm³/mol. The van der Waals surface area contributed by atoms with Crippen molar-refractivity contribution in [3.05, 3.63) is 11.9 Å². The average Bonchev–Trinajstić information content (AvgIpc) is 2.58. The van der Waals surface area contributed by atoms with Crippen LogP contribution in [-0.4, -0.2) is 57.5 Å². The van der Waals surface area contributed by atoms with Gasteiger partial charge in [0, 0.05) is 31.4 Å². The molecule has 17 heavy (non-hydrogen) atoms. The van der Waals surface area contributed by atoms with Crippen molar-refractivity contribution in [2.24, 2.45) is 0 Å². The van der Waals surface area contributed by atoms with Crippen LogP contribution < -0.4 is 0 Å². The predicted octanol–water partition coefficient (Wildman–Crippen LogP) is 0.822. The minimum atomic E-state index is 0.638. The number of likely N-dealkylation sites (tertiary alicyclic amines) is 1. The quantitative estimate of drug-likeness (QED) is 0.760. The highest BCUT2D eigenvalue weighted by atomic mass is 15.4. The number of hydrogen-bond donors (Lipinski definition) is 0. The molecule has 5 nitrogen and oxygen atoms in total. The normalized spacial score (nSPS) is 21.2. The third kappa shape index (κ3) is 3.04. The van der Waals surface area contributed by atoms with E-state index in [1.165, 1.54) is 13.0 Å². The molecule has 96 valence electrons. The Balaban J connectivity index is 1.89. The summed E-state index contributed by atoms with van der Waals surface area (Å²) in [5, 5.41) is 8.39. The van der Waals surface area contributed by atoms with Gasteiger partial charge in [0.15, 0.2) is 0 Å². The van der Waals surface area contributed by atoms with Gasteiger partial charge in [-0.05, 0) is 34.4 Å². The Morgan fingerprint density at radius 2 is 2.24 bits per heavy atom. The second-order valence-electron chi connectivity index (χ2n) is 5.44. The molecule has 1 aromatic heterocycles. The van der Waals surface area contributed by atoms with Crippen molar-refractivity contribution in [3.8, 4) is 0 Å². The number of rotatable bonds is 5. The Kier molecular flexibility index (Phi) is 3.79. The minimum Gasteiger partial charge on any atom is -0.303 e. The first kappa shape index (κ1) is 12.5. The summed E-state index contributed by atoms with van der Waals surface area (Å²) in [4.78, 5) is 4.63. The molecule has 1 aliphatic heterocycles. The summed E-state index contributed by atoms with van der Waals surface area (Å²) < 4.78 is 1.98. The first-order valence-electron chi connectivity index (χ1n) is 6.35. The van der Waals surface area contributed by atoms with E-state index >= 15 is 0 Å². The van der Waals surface area contributed by atoms with Gasteiger partial charge in [-0.2, -0.15) is 0 Å². The third-order valence-electron chi connectivity index (χ3n) is 3.31. The van der Waals surface area contributed by atoms with E-state index in [-0.39, 0.29) is 0 Å². The molecule has 1 saturated heterocycles. The zero-order valence-electron chi connectivity index (χ0n) is 11.3. The first-order chi connectivity index (χ1) is 8.06. The van der Waals surface area contributed by atoms with Crippen molar-refractivity contribution in [2.45, 2.75) is 45.4 Å². The van der Waals surface area contributed by atoms with Crippen LogP contribution in [0.4, 0.5) is 0 Å². The Hall–Kier alpha value is -0.940. The summed E-state index contributed by atoms with van der Waals surface area (Å²) >= 11 is 0. The van der Waals surface area contributed by atoms with Gasteiger partial charge in [-0.1, -0.05) is 5.21 Å². The molecule has 0 radical (unpaired) electrons. The molecule has 1 fully saturated rings. The van der Waals surface area contributed by atoms with Gasteiger partial charge in [-0.25, -0.2) is 0 Å². The minimum absolute atomic E-state index is 0.638. The molecular formula is C12H23N5. The molecule has 0 N–H and O–H groups in total. The lowest BCUT2D eigenvalue weighted by molar-refractivity contribution is 0.0424. The smallest absolute Gasteiger partial charge is 0.0966 e. The highest BCUT2D eigenvalue weighted by Gasteiger charge is 2.30. The maximum atomic E-state index is 4.20. The summed E-state index contributed by atoms with van der Waals surface area (Å²) in [5.41, 5.74) is 1.05. The maximum Gasteiger partial charge on any atom is 0.0966 e. The summed E-state index contributed by atoms with van der Waals surface area (Å²) in [6.07, 6.45) is 3.35. The highest BCUT2D eigenvalue weighted by molar-refractivity contribution is 4.93. The van der Waals surface area contributed by atoms with E-state index in [1.807, 2.05) is 18.8 Å². The first-order valence-corrected chi connectivity index (χ1v) is 6.35. The van der Waals surface area contributed by atoms with Gasteiger partial charge in [0.05, 0.1) is 12.2 Å². The number of nitrogens with zero attached hydrogens (tertiary/aromatic N) is 5. The Bertz CT molecular complexity index is 358. The zero-order chi connectivity index (χ0) is 12.4. The van der Waals surface area contributed by atoms with Crippen LogP contribution in [0.15, 0.2) is 6.20 Å². The lowest BCUT2D eigenvalue weighted by Crippen LogP contribution is -2.53. The molecule has 1 aromatic rings. The molecule has 0 spiro atoms. The molecule has 1 atom stereocenters. The molecule has 0 aromatic carbocycles. The standard InChI is InChI=1S/C12H23N5/c1-10(2)17-6-5-12(17)9-16-8-11(13-14-16)7-15(3)4/h8,10,12H,5-7,9H2,1-4H3. The van der Waals surface area contributed by atoms with E-state index in [9.17, 15) is 0 Å². The molecule has 2 heterocycles. The van der Waals surface area contributed by atoms with Crippen LogP contribution in [0.25, 0.3) is 0 Å². The number of aromatic nitrogens is 3. The third-order valence-corrected chi connectivity index (χ3v) is 3.31. The van der Waals surface area contributed by atoms with Crippen molar-refractivity contribution in [2.75, 3.05) is 20.6 Å². The van der Waals surface area contributed by atoms with E-state index in [2.05, 4.69) is 40.2 Å². The van der Waals surface area contributed by atoms with Crippen LogP contribution in [-0.2, 0) is 13.1 Å². The monoisotopic (exact) mass is 237 g/mol. The molecule has 5 heteroatoms. The second-order valence-corrected chi connectivity index (χ2v) is 5.44. The summed E-state index contributed by atoms with van der Waals surface area (Å²) in [6.45, 7) is 7.56. The van der Waals surface area contributed by atoms with Gasteiger partial charge in [0.1, 0.15) is 0 Å². The second kappa shape index (κ2) is 5.14. The van der Waals surface area contributed by atoms with E-state index in [1.54, 1.807) is 0 Å². The topological polar surface area (TPSA) is 37.2 Å². The van der Waals surface area contributed by atoms with Gasteiger partial charge in [-0.15, -0.1) is 5.10 Å². The van der Waals surface area contributed by atoms with Gasteiger partial charge < -0.3 is 4.90 Å². The van der Waals surface area contributed by atoms with Crippen molar-refractivity contribution < 1.29 is 0 Å². The Labute approximate surface area is 103 Å². The Morgan fingerprint density at radius 3 is 2.76 bits per heavy atom. The van der Waals surface area contributed by atoms with E-state index < -0.39 is 0 Å². The van der Waals surface area contributed by atoms with Crippen molar-refractivity contribution >= 4 is 0 Å². The van der Waals surface area contributed by atoms with Crippen molar-refractivity contribution in [3.63, 3.8) is 0 Å². The van der Waals surface area contributed by atoms with Gasteiger partial charge in [0.25, 0.3) is 0 Å². The van der Waals surface area contributed by atoms with Crippen molar-refractivity contribution in [1.82, 2.24) is 24.8 Å². The average molecular weight is 237 g/mol. The SMILES string of the molecule is CC(C)N1CCC1Cn1cc(CN(C)C)nn1. The molecule has 0 saturated carbocycles. The van der Waals surface area contributed by atoms with Crippen LogP contribution in [0.1, 0.15) is 26.0 Å². The molecule has 1 unspecified atom stereocenters. The van der Waals surface area contributed by atoms with Gasteiger partial charge in [0.2, 0.25) is 0 Å². The molecule has 2 rings (SSSR count). The summed E-state index contributed by atoms with van der Waals surface area (Å²) in [6, 6.07) is 1.28. The number of hydrogen-bond acceptors (Lipinski definition) is 4. The summed E-state index contributed by atoms with van der Waals surface area (Å²) in [7, 11) is 4.09. The lowest BCUT2D eigenvalue weighted by Gasteiger charge is -2.43. The van der Waals surface area contributed by atoms with Crippen molar-refractivity contribution in [1.29, 1.82) is 0 Å². The molecule has 0 amide bonds. The fraction of sp³-hybridized carbons (Fsp3) is 0.833. The fourth-order valence-electron chi connectivity index (χ4n) is 2.38. The van der Waals surface area contributed by atoms with E-state index in [4.69, 9.17) is 0 Å². The van der Waals surface area contributed by atoms with Gasteiger partial charge >= 0.3 is 0 Å². The molecular weight excluding hydrogens is 214 g/mol. The largest absolute Gasteiger partial charge is 0.303 e. The van der Waals surface area contributed by atoms with Crippen LogP contribution >= 0.6 is 0 Å². The highest BCUT2D eigenvalue weighted by Crippen LogP contribution is 2.21. The maximum absolute atomic E-state index is 4.20. The van der Waals surface area contributed by atoms with E-state index in [0.29, 0.717) is 12.1 Å². The van der Waals surface area contributed by atoms with E-state index in [0.717, 1.165) is 18.8 Å². The van der Waals surface area contributed by atoms with Crippen LogP contribution in [0.2, 0.25) is 0 Å². The zero-order valence-corrected chi connectivity index (χ0v) is 11.3.